The molecule has 0 bridgehead atoms. The first-order valence-corrected chi connectivity index (χ1v) is 6.39. The van der Waals surface area contributed by atoms with Gasteiger partial charge >= 0.3 is 5.97 Å². The Labute approximate surface area is 112 Å². The average Bonchev–Trinajstić information content (AvgIpc) is 2.27. The Morgan fingerprint density at radius 1 is 1.42 bits per heavy atom. The number of rotatable bonds is 2. The molecule has 0 saturated carbocycles. The lowest BCUT2D eigenvalue weighted by Crippen LogP contribution is -2.74. The smallest absolute Gasteiger partial charge is 0.323 e. The standard InChI is InChI=1S/C13H21NO5/c1-5-13(10(16)17)8-14(11(18)19,12(2,3)4)7-6-9(13)15/h5-8H2,1-4H3,(H-,16,17,18,19). The van der Waals surface area contributed by atoms with Crippen molar-refractivity contribution < 1.29 is 29.1 Å². The van der Waals surface area contributed by atoms with E-state index in [9.17, 15) is 24.6 Å². The van der Waals surface area contributed by atoms with Gasteiger partial charge in [0.15, 0.2) is 11.2 Å². The van der Waals surface area contributed by atoms with E-state index in [0.717, 1.165) is 0 Å². The number of quaternary nitrogens is 1. The third-order valence-corrected chi connectivity index (χ3v) is 4.44. The number of aliphatic carboxylic acids is 1. The molecular formula is C13H21NO5. The molecule has 0 aromatic carbocycles. The molecule has 108 valence electrons. The molecule has 0 aromatic rings. The Morgan fingerprint density at radius 2 is 1.95 bits per heavy atom. The highest BCUT2D eigenvalue weighted by molar-refractivity contribution is 6.03. The predicted molar refractivity (Wildman–Crippen MR) is 65.1 cm³/mol. The van der Waals surface area contributed by atoms with Crippen LogP contribution in [0.2, 0.25) is 0 Å². The van der Waals surface area contributed by atoms with Gasteiger partial charge in [-0.1, -0.05) is 6.92 Å². The van der Waals surface area contributed by atoms with Crippen molar-refractivity contribution in [3.63, 3.8) is 0 Å². The molecule has 0 aliphatic carbocycles. The number of hydrogen-bond acceptors (Lipinski definition) is 4. The van der Waals surface area contributed by atoms with Crippen molar-refractivity contribution in [2.24, 2.45) is 5.41 Å². The fourth-order valence-electron chi connectivity index (χ4n) is 2.81. The lowest BCUT2D eigenvalue weighted by atomic mass is 9.74. The van der Waals surface area contributed by atoms with Crippen LogP contribution < -0.4 is 5.11 Å². The Bertz CT molecular complexity index is 425. The average molecular weight is 271 g/mol. The van der Waals surface area contributed by atoms with Gasteiger partial charge in [0.2, 0.25) is 0 Å². The molecule has 0 aromatic heterocycles. The second-order valence-corrected chi connectivity index (χ2v) is 6.20. The second kappa shape index (κ2) is 4.59. The van der Waals surface area contributed by atoms with E-state index in [1.165, 1.54) is 0 Å². The van der Waals surface area contributed by atoms with Gasteiger partial charge in [0, 0.05) is 0 Å². The van der Waals surface area contributed by atoms with Crippen LogP contribution >= 0.6 is 0 Å². The van der Waals surface area contributed by atoms with Gasteiger partial charge in [-0.05, 0) is 27.2 Å². The topological polar surface area (TPSA) is 94.5 Å². The molecule has 1 aliphatic heterocycles. The van der Waals surface area contributed by atoms with Crippen molar-refractivity contribution in [2.75, 3.05) is 13.1 Å². The minimum Gasteiger partial charge on any atom is -0.498 e. The second-order valence-electron chi connectivity index (χ2n) is 6.20. The summed E-state index contributed by atoms with van der Waals surface area (Å²) in [5.74, 6) is -1.63. The number of likely N-dealkylation sites (tertiary alicyclic amines) is 1. The SMILES string of the molecule is CCC1(C(=O)O)C[N+](C(=O)[O-])(C(C)(C)C)CCC1=O. The van der Waals surface area contributed by atoms with Crippen LogP contribution in [0.3, 0.4) is 0 Å². The molecule has 2 unspecified atom stereocenters. The molecule has 2 atom stereocenters. The summed E-state index contributed by atoms with van der Waals surface area (Å²) in [5, 5.41) is 21.0. The molecule has 1 fully saturated rings. The molecule has 1 heterocycles. The van der Waals surface area contributed by atoms with Crippen molar-refractivity contribution in [1.29, 1.82) is 0 Å². The summed E-state index contributed by atoms with van der Waals surface area (Å²) in [6.07, 6.45) is -1.28. The fourth-order valence-corrected chi connectivity index (χ4v) is 2.81. The third-order valence-electron chi connectivity index (χ3n) is 4.44. The summed E-state index contributed by atoms with van der Waals surface area (Å²) in [6.45, 7) is 6.61. The Balaban J connectivity index is 3.38. The lowest BCUT2D eigenvalue weighted by Gasteiger charge is -2.53. The third kappa shape index (κ3) is 2.14. The van der Waals surface area contributed by atoms with Gasteiger partial charge < -0.3 is 15.0 Å². The van der Waals surface area contributed by atoms with Gasteiger partial charge in [-0.2, -0.15) is 0 Å². The molecular weight excluding hydrogens is 250 g/mol. The molecule has 6 heteroatoms. The summed E-state index contributed by atoms with van der Waals surface area (Å²) in [4.78, 5) is 35.1. The zero-order valence-electron chi connectivity index (χ0n) is 11.9. The van der Waals surface area contributed by atoms with Crippen LogP contribution in [0.25, 0.3) is 0 Å². The molecule has 1 rings (SSSR count). The number of carbonyl (C=O) groups is 3. The van der Waals surface area contributed by atoms with Crippen molar-refractivity contribution >= 4 is 17.8 Å². The van der Waals surface area contributed by atoms with E-state index in [1.54, 1.807) is 27.7 Å². The first kappa shape index (κ1) is 15.6. The van der Waals surface area contributed by atoms with E-state index in [2.05, 4.69) is 0 Å². The molecule has 19 heavy (non-hydrogen) atoms. The number of piperidine rings is 1. The van der Waals surface area contributed by atoms with Crippen LogP contribution in [-0.2, 0) is 9.59 Å². The van der Waals surface area contributed by atoms with Crippen molar-refractivity contribution in [3.8, 4) is 0 Å². The van der Waals surface area contributed by atoms with Gasteiger partial charge in [0.05, 0.1) is 18.5 Å². The van der Waals surface area contributed by atoms with Crippen LogP contribution in [-0.4, -0.2) is 46.1 Å². The number of amides is 1. The molecule has 0 spiro atoms. The van der Waals surface area contributed by atoms with Gasteiger partial charge in [-0.15, -0.1) is 0 Å². The molecule has 1 saturated heterocycles. The molecule has 1 aliphatic rings. The number of hydrogen-bond donors (Lipinski definition) is 1. The zero-order valence-corrected chi connectivity index (χ0v) is 11.9. The van der Waals surface area contributed by atoms with E-state index in [1.807, 2.05) is 0 Å². The highest BCUT2D eigenvalue weighted by Gasteiger charge is 2.59. The van der Waals surface area contributed by atoms with Crippen molar-refractivity contribution in [2.45, 2.75) is 46.1 Å². The Hall–Kier alpha value is -1.43. The van der Waals surface area contributed by atoms with E-state index >= 15 is 0 Å². The summed E-state index contributed by atoms with van der Waals surface area (Å²) in [7, 11) is 0. The molecule has 1 amide bonds. The lowest BCUT2D eigenvalue weighted by molar-refractivity contribution is -0.925. The fraction of sp³-hybridized carbons (Fsp3) is 0.769. The maximum Gasteiger partial charge on any atom is 0.323 e. The van der Waals surface area contributed by atoms with Crippen LogP contribution in [0.1, 0.15) is 40.5 Å². The summed E-state index contributed by atoms with van der Waals surface area (Å²) < 4.78 is -0.501. The molecule has 0 radical (unpaired) electrons. The normalized spacial score (nSPS) is 32.1. The number of Topliss-reactive ketones (excluding diaryl/α,β-unsaturated/α-hetero) is 1. The Kier molecular flexibility index (Phi) is 3.78. The zero-order chi connectivity index (χ0) is 15.1. The van der Waals surface area contributed by atoms with E-state index < -0.39 is 27.5 Å². The predicted octanol–water partition coefficient (Wildman–Crippen LogP) is 0.399. The van der Waals surface area contributed by atoms with Crippen molar-refractivity contribution in [1.82, 2.24) is 0 Å². The van der Waals surface area contributed by atoms with Gasteiger partial charge in [0.1, 0.15) is 6.54 Å². The largest absolute Gasteiger partial charge is 0.498 e. The summed E-state index contributed by atoms with van der Waals surface area (Å²) >= 11 is 0. The Morgan fingerprint density at radius 3 is 2.26 bits per heavy atom. The number of nitrogens with zero attached hydrogens (tertiary/aromatic N) is 1. The van der Waals surface area contributed by atoms with Gasteiger partial charge in [0.25, 0.3) is 6.09 Å². The van der Waals surface area contributed by atoms with E-state index in [0.29, 0.717) is 0 Å². The molecule has 6 nitrogen and oxygen atoms in total. The first-order chi connectivity index (χ1) is 8.53. The number of carbonyl (C=O) groups excluding carboxylic acids is 2. The highest BCUT2D eigenvalue weighted by Crippen LogP contribution is 2.39. The quantitative estimate of drug-likeness (QED) is 0.579. The maximum atomic E-state index is 12.0. The minimum atomic E-state index is -1.62. The van der Waals surface area contributed by atoms with Gasteiger partial charge in [-0.3, -0.25) is 14.1 Å². The van der Waals surface area contributed by atoms with E-state index in [-0.39, 0.29) is 31.7 Å². The maximum absolute atomic E-state index is 12.0. The monoisotopic (exact) mass is 271 g/mol. The highest BCUT2D eigenvalue weighted by atomic mass is 16.4. The number of carboxylic acids is 1. The number of ketones is 1. The minimum absolute atomic E-state index is 0.0502. The van der Waals surface area contributed by atoms with E-state index in [4.69, 9.17) is 0 Å². The van der Waals surface area contributed by atoms with Gasteiger partial charge in [-0.25, -0.2) is 0 Å². The van der Waals surface area contributed by atoms with Crippen molar-refractivity contribution in [3.05, 3.63) is 0 Å². The van der Waals surface area contributed by atoms with Crippen LogP contribution in [0.5, 0.6) is 0 Å². The summed E-state index contributed by atoms with van der Waals surface area (Å²) in [6, 6.07) is 0. The summed E-state index contributed by atoms with van der Waals surface area (Å²) in [5.41, 5.74) is -2.35. The van der Waals surface area contributed by atoms with Crippen LogP contribution in [0.15, 0.2) is 0 Å². The molecule has 1 N–H and O–H groups in total. The number of carboxylic acid groups (broad SMARTS) is 2. The first-order valence-electron chi connectivity index (χ1n) is 6.39. The van der Waals surface area contributed by atoms with Crippen LogP contribution in [0, 0.1) is 5.41 Å². The van der Waals surface area contributed by atoms with Crippen LogP contribution in [0.4, 0.5) is 4.79 Å².